The van der Waals surface area contributed by atoms with Gasteiger partial charge in [0, 0.05) is 5.02 Å². The molecule has 7 nitrogen and oxygen atoms in total. The van der Waals surface area contributed by atoms with E-state index in [-0.39, 0.29) is 17.0 Å². The molecule has 3 aromatic carbocycles. The van der Waals surface area contributed by atoms with E-state index in [1.54, 1.807) is 48.5 Å². The number of hydrogen-bond donors (Lipinski definition) is 2. The van der Waals surface area contributed by atoms with Gasteiger partial charge in [-0.05, 0) is 81.7 Å². The maximum Gasteiger partial charge on any atom is 0.335 e. The lowest BCUT2D eigenvalue weighted by Crippen LogP contribution is -2.54. The molecule has 1 fully saturated rings. The largest absolute Gasteiger partial charge is 0.507 e. The lowest BCUT2D eigenvalue weighted by Gasteiger charge is -2.26. The molecule has 0 aliphatic carbocycles. The highest BCUT2D eigenvalue weighted by atomic mass is 79.9. The van der Waals surface area contributed by atoms with Crippen LogP contribution in [0, 0.1) is 0 Å². The third-order valence-corrected chi connectivity index (χ3v) is 5.69. The van der Waals surface area contributed by atoms with E-state index in [0.717, 1.165) is 10.5 Å². The number of nitrogens with zero attached hydrogens (tertiary/aromatic N) is 1. The summed E-state index contributed by atoms with van der Waals surface area (Å²) in [5.41, 5.74) is 1.50. The molecule has 4 amide bonds. The topological polar surface area (TPSA) is 95.9 Å². The van der Waals surface area contributed by atoms with E-state index < -0.39 is 17.8 Å². The first-order chi connectivity index (χ1) is 15.8. The molecule has 0 aromatic heterocycles. The molecule has 4 rings (SSSR count). The minimum atomic E-state index is -0.844. The van der Waals surface area contributed by atoms with E-state index in [2.05, 4.69) is 21.2 Å². The quantitative estimate of drug-likeness (QED) is 0.357. The summed E-state index contributed by atoms with van der Waals surface area (Å²) in [5, 5.41) is 12.4. The van der Waals surface area contributed by atoms with Crippen molar-refractivity contribution in [1.82, 2.24) is 5.32 Å². The fraction of sp³-hybridized carbons (Fsp3) is 0.0417. The number of ether oxygens (including phenoxy) is 1. The van der Waals surface area contributed by atoms with Crippen molar-refractivity contribution < 1.29 is 24.2 Å². The molecular weight excluding hydrogens is 512 g/mol. The number of carbonyl (C=O) groups is 3. The predicted octanol–water partition coefficient (Wildman–Crippen LogP) is 5.05. The van der Waals surface area contributed by atoms with E-state index in [1.807, 2.05) is 12.1 Å². The Kier molecular flexibility index (Phi) is 6.48. The van der Waals surface area contributed by atoms with Crippen molar-refractivity contribution in [2.75, 3.05) is 4.90 Å². The second kappa shape index (κ2) is 9.48. The molecular formula is C24H16BrClN2O5. The number of rotatable bonds is 5. The Morgan fingerprint density at radius 1 is 1.00 bits per heavy atom. The van der Waals surface area contributed by atoms with Gasteiger partial charge >= 0.3 is 6.03 Å². The number of carbonyl (C=O) groups excluding carboxylic acids is 3. The van der Waals surface area contributed by atoms with Crippen LogP contribution < -0.4 is 15.0 Å². The van der Waals surface area contributed by atoms with Crippen LogP contribution in [0.5, 0.6) is 11.5 Å². The Morgan fingerprint density at radius 3 is 2.36 bits per heavy atom. The number of aromatic hydroxyl groups is 1. The van der Waals surface area contributed by atoms with Crippen LogP contribution in [0.25, 0.3) is 6.08 Å². The summed E-state index contributed by atoms with van der Waals surface area (Å²) in [4.78, 5) is 38.6. The van der Waals surface area contributed by atoms with E-state index in [1.165, 1.54) is 12.1 Å². The molecule has 33 heavy (non-hydrogen) atoms. The molecule has 9 heteroatoms. The third-order valence-electron chi connectivity index (χ3n) is 4.80. The normalized spacial score (nSPS) is 15.0. The molecule has 0 spiro atoms. The summed E-state index contributed by atoms with van der Waals surface area (Å²) in [7, 11) is 0. The number of imide groups is 2. The van der Waals surface area contributed by atoms with E-state index in [0.29, 0.717) is 27.4 Å². The van der Waals surface area contributed by atoms with Crippen LogP contribution in [0.1, 0.15) is 11.1 Å². The zero-order chi connectivity index (χ0) is 23.5. The van der Waals surface area contributed by atoms with Gasteiger partial charge < -0.3 is 9.84 Å². The van der Waals surface area contributed by atoms with Crippen molar-refractivity contribution in [2.24, 2.45) is 0 Å². The Morgan fingerprint density at radius 2 is 1.70 bits per heavy atom. The molecule has 2 N–H and O–H groups in total. The van der Waals surface area contributed by atoms with Gasteiger partial charge in [-0.2, -0.15) is 0 Å². The fourth-order valence-electron chi connectivity index (χ4n) is 3.11. The highest BCUT2D eigenvalue weighted by molar-refractivity contribution is 9.10. The fourth-order valence-corrected chi connectivity index (χ4v) is 3.63. The summed E-state index contributed by atoms with van der Waals surface area (Å²) < 4.78 is 6.13. The Hall–Kier alpha value is -3.62. The highest BCUT2D eigenvalue weighted by Gasteiger charge is 2.36. The van der Waals surface area contributed by atoms with Gasteiger partial charge in [-0.1, -0.05) is 29.8 Å². The van der Waals surface area contributed by atoms with Crippen LogP contribution in [0.4, 0.5) is 10.5 Å². The highest BCUT2D eigenvalue weighted by Crippen LogP contribution is 2.28. The standard InChI is InChI=1S/C24H16BrClN2O5/c25-20-12-15(3-10-21(20)29)11-19-22(30)27-24(32)28(23(19)31)17-6-8-18(9-7-17)33-13-14-1-4-16(26)5-2-14/h1-12,29H,13H2,(H,27,30,32)/b19-11+. The number of halogens is 2. The van der Waals surface area contributed by atoms with Gasteiger partial charge in [-0.25, -0.2) is 9.69 Å². The zero-order valence-electron chi connectivity index (χ0n) is 16.9. The molecule has 0 saturated carbocycles. The lowest BCUT2D eigenvalue weighted by molar-refractivity contribution is -0.122. The third kappa shape index (κ3) is 5.08. The molecule has 0 atom stereocenters. The van der Waals surface area contributed by atoms with Gasteiger partial charge in [0.25, 0.3) is 11.8 Å². The molecule has 0 bridgehead atoms. The Balaban J connectivity index is 1.53. The van der Waals surface area contributed by atoms with Crippen LogP contribution in [-0.2, 0) is 16.2 Å². The van der Waals surface area contributed by atoms with Crippen molar-refractivity contribution in [3.05, 3.63) is 92.9 Å². The number of barbiturate groups is 1. The van der Waals surface area contributed by atoms with Crippen LogP contribution in [0.2, 0.25) is 5.02 Å². The van der Waals surface area contributed by atoms with E-state index in [9.17, 15) is 19.5 Å². The van der Waals surface area contributed by atoms with Gasteiger partial charge in [0.15, 0.2) is 0 Å². The van der Waals surface area contributed by atoms with Gasteiger partial charge in [0.1, 0.15) is 23.7 Å². The summed E-state index contributed by atoms with van der Waals surface area (Å²) in [6, 6.07) is 17.3. The van der Waals surface area contributed by atoms with Gasteiger partial charge in [-0.15, -0.1) is 0 Å². The second-order valence-corrected chi connectivity index (χ2v) is 8.37. The first-order valence-electron chi connectivity index (χ1n) is 9.69. The van der Waals surface area contributed by atoms with E-state index in [4.69, 9.17) is 16.3 Å². The van der Waals surface area contributed by atoms with Crippen molar-refractivity contribution in [3.63, 3.8) is 0 Å². The molecule has 1 aliphatic heterocycles. The maximum atomic E-state index is 13.0. The molecule has 0 unspecified atom stereocenters. The summed E-state index contributed by atoms with van der Waals surface area (Å²) in [6.07, 6.45) is 1.35. The number of anilines is 1. The SMILES string of the molecule is O=C1NC(=O)N(c2ccc(OCc3ccc(Cl)cc3)cc2)C(=O)/C1=C/c1ccc(O)c(Br)c1. The molecule has 1 saturated heterocycles. The van der Waals surface area contributed by atoms with Crippen molar-refractivity contribution in [3.8, 4) is 11.5 Å². The van der Waals surface area contributed by atoms with Crippen LogP contribution >= 0.6 is 27.5 Å². The molecule has 1 aliphatic rings. The average molecular weight is 528 g/mol. The molecule has 166 valence electrons. The average Bonchev–Trinajstić information content (AvgIpc) is 2.79. The predicted molar refractivity (Wildman–Crippen MR) is 127 cm³/mol. The number of urea groups is 1. The van der Waals surface area contributed by atoms with Gasteiger partial charge in [-0.3, -0.25) is 14.9 Å². The van der Waals surface area contributed by atoms with Gasteiger partial charge in [0.05, 0.1) is 10.2 Å². The number of phenols is 1. The minimum absolute atomic E-state index is 0.0201. The summed E-state index contributed by atoms with van der Waals surface area (Å²) in [5.74, 6) is -0.998. The number of hydrogen-bond acceptors (Lipinski definition) is 5. The van der Waals surface area contributed by atoms with Crippen molar-refractivity contribution >= 4 is 57.1 Å². The number of amides is 4. The van der Waals surface area contributed by atoms with Crippen LogP contribution in [0.15, 0.2) is 76.8 Å². The molecule has 3 aromatic rings. The van der Waals surface area contributed by atoms with Crippen molar-refractivity contribution in [2.45, 2.75) is 6.61 Å². The van der Waals surface area contributed by atoms with Gasteiger partial charge in [0.2, 0.25) is 0 Å². The number of phenolic OH excluding ortho intramolecular Hbond substituents is 1. The summed E-state index contributed by atoms with van der Waals surface area (Å²) >= 11 is 9.07. The number of nitrogens with one attached hydrogen (secondary N) is 1. The smallest absolute Gasteiger partial charge is 0.335 e. The Labute approximate surface area is 202 Å². The minimum Gasteiger partial charge on any atom is -0.507 e. The Bertz CT molecular complexity index is 1270. The first kappa shape index (κ1) is 22.6. The summed E-state index contributed by atoms with van der Waals surface area (Å²) in [6.45, 7) is 0.323. The number of benzene rings is 3. The molecule has 0 radical (unpaired) electrons. The zero-order valence-corrected chi connectivity index (χ0v) is 19.3. The van der Waals surface area contributed by atoms with Crippen LogP contribution in [0.3, 0.4) is 0 Å². The van der Waals surface area contributed by atoms with Crippen molar-refractivity contribution in [1.29, 1.82) is 0 Å². The van der Waals surface area contributed by atoms with Crippen LogP contribution in [-0.4, -0.2) is 23.0 Å². The first-order valence-corrected chi connectivity index (χ1v) is 10.9. The van der Waals surface area contributed by atoms with E-state index >= 15 is 0 Å². The maximum absolute atomic E-state index is 13.0. The second-order valence-electron chi connectivity index (χ2n) is 7.08. The molecule has 1 heterocycles. The monoisotopic (exact) mass is 526 g/mol. The lowest BCUT2D eigenvalue weighted by atomic mass is 10.1.